The van der Waals surface area contributed by atoms with Gasteiger partial charge in [-0.15, -0.1) is 0 Å². The molecule has 1 rings (SSSR count). The van der Waals surface area contributed by atoms with E-state index in [-0.39, 0.29) is 12.4 Å². The number of nitrogens with zero attached hydrogens (tertiary/aromatic N) is 1. The van der Waals surface area contributed by atoms with Crippen molar-refractivity contribution in [2.75, 3.05) is 0 Å². The molecule has 1 atom stereocenters. The Labute approximate surface area is 119 Å². The minimum Gasteiger partial charge on any atom is -0.409 e. The summed E-state index contributed by atoms with van der Waals surface area (Å²) in [5, 5.41) is 13.9. The maximum absolute atomic E-state index is 12.4. The molecule has 21 heavy (non-hydrogen) atoms. The van der Waals surface area contributed by atoms with Crippen LogP contribution >= 0.6 is 0 Å². The van der Waals surface area contributed by atoms with E-state index in [2.05, 4.69) is 10.5 Å². The molecule has 1 unspecified atom stereocenters. The first-order valence-electron chi connectivity index (χ1n) is 6.20. The minimum absolute atomic E-state index is 0.0617. The van der Waals surface area contributed by atoms with Crippen LogP contribution < -0.4 is 11.1 Å². The van der Waals surface area contributed by atoms with Crippen LogP contribution in [0.15, 0.2) is 29.4 Å². The topological polar surface area (TPSA) is 87.7 Å². The lowest BCUT2D eigenvalue weighted by Crippen LogP contribution is -2.38. The van der Waals surface area contributed by atoms with Crippen LogP contribution in [0, 0.1) is 5.92 Å². The van der Waals surface area contributed by atoms with Crippen molar-refractivity contribution in [3.05, 3.63) is 35.4 Å². The average Bonchev–Trinajstić information content (AvgIpc) is 2.45. The van der Waals surface area contributed by atoms with E-state index < -0.39 is 23.6 Å². The number of benzene rings is 1. The van der Waals surface area contributed by atoms with Gasteiger partial charge >= 0.3 is 6.18 Å². The van der Waals surface area contributed by atoms with E-state index in [9.17, 15) is 18.0 Å². The van der Waals surface area contributed by atoms with E-state index in [0.29, 0.717) is 12.0 Å². The van der Waals surface area contributed by atoms with Crippen molar-refractivity contribution < 1.29 is 23.2 Å². The van der Waals surface area contributed by atoms with Crippen LogP contribution in [0.4, 0.5) is 13.2 Å². The summed E-state index contributed by atoms with van der Waals surface area (Å²) in [5.74, 6) is -1.43. The predicted molar refractivity (Wildman–Crippen MR) is 70.5 cm³/mol. The standard InChI is InChI=1S/C13H16F3N3O2/c1-2-10(11(17)19-21)12(20)18-7-8-3-5-9(6-4-8)13(14,15)16/h3-6,10,21H,2,7H2,1H3,(H2,17,19)(H,18,20). The molecular weight excluding hydrogens is 287 g/mol. The molecule has 0 saturated heterocycles. The van der Waals surface area contributed by atoms with Crippen molar-refractivity contribution >= 4 is 11.7 Å². The third kappa shape index (κ3) is 4.66. The van der Waals surface area contributed by atoms with Crippen molar-refractivity contribution in [2.45, 2.75) is 26.1 Å². The Morgan fingerprint density at radius 1 is 1.38 bits per heavy atom. The molecule has 0 bridgehead atoms. The summed E-state index contributed by atoms with van der Waals surface area (Å²) in [6.07, 6.45) is -4.05. The SMILES string of the molecule is CCC(C(=O)NCc1ccc(C(F)(F)F)cc1)C(N)=NO. The second kappa shape index (κ2) is 6.96. The quantitative estimate of drug-likeness (QED) is 0.337. The van der Waals surface area contributed by atoms with Gasteiger partial charge in [0.15, 0.2) is 5.84 Å². The molecule has 0 aliphatic heterocycles. The Morgan fingerprint density at radius 2 is 1.95 bits per heavy atom. The van der Waals surface area contributed by atoms with Crippen LogP contribution in [0.1, 0.15) is 24.5 Å². The lowest BCUT2D eigenvalue weighted by atomic mass is 10.0. The average molecular weight is 303 g/mol. The molecule has 1 amide bonds. The van der Waals surface area contributed by atoms with Crippen LogP contribution in [0.25, 0.3) is 0 Å². The first-order valence-corrected chi connectivity index (χ1v) is 6.20. The first kappa shape index (κ1) is 16.8. The Morgan fingerprint density at radius 3 is 2.38 bits per heavy atom. The van der Waals surface area contributed by atoms with Crippen LogP contribution in [0.2, 0.25) is 0 Å². The van der Waals surface area contributed by atoms with Gasteiger partial charge in [-0.1, -0.05) is 24.2 Å². The molecular formula is C13H16F3N3O2. The summed E-state index contributed by atoms with van der Waals surface area (Å²) in [7, 11) is 0. The number of nitrogens with two attached hydrogens (primary N) is 1. The lowest BCUT2D eigenvalue weighted by molar-refractivity contribution is -0.137. The second-order valence-corrected chi connectivity index (χ2v) is 4.40. The highest BCUT2D eigenvalue weighted by Crippen LogP contribution is 2.29. The van der Waals surface area contributed by atoms with Gasteiger partial charge in [-0.2, -0.15) is 13.2 Å². The fourth-order valence-corrected chi connectivity index (χ4v) is 1.72. The molecule has 0 aliphatic rings. The number of oxime groups is 1. The minimum atomic E-state index is -4.39. The van der Waals surface area contributed by atoms with Crippen LogP contribution in [0.3, 0.4) is 0 Å². The summed E-state index contributed by atoms with van der Waals surface area (Å²) in [5.41, 5.74) is 5.15. The summed E-state index contributed by atoms with van der Waals surface area (Å²) in [6.45, 7) is 1.76. The van der Waals surface area contributed by atoms with E-state index in [1.54, 1.807) is 6.92 Å². The fraction of sp³-hybridized carbons (Fsp3) is 0.385. The van der Waals surface area contributed by atoms with Crippen LogP contribution in [-0.4, -0.2) is 17.0 Å². The van der Waals surface area contributed by atoms with Gasteiger partial charge in [-0.3, -0.25) is 4.79 Å². The summed E-state index contributed by atoms with van der Waals surface area (Å²) in [6, 6.07) is 4.46. The molecule has 4 N–H and O–H groups in total. The molecule has 0 saturated carbocycles. The molecule has 0 aliphatic carbocycles. The van der Waals surface area contributed by atoms with Crippen molar-refractivity contribution in [3.63, 3.8) is 0 Å². The Kier molecular flexibility index (Phi) is 5.57. The molecule has 0 spiro atoms. The molecule has 5 nitrogen and oxygen atoms in total. The Bertz CT molecular complexity index is 512. The van der Waals surface area contributed by atoms with Gasteiger partial charge < -0.3 is 16.3 Å². The summed E-state index contributed by atoms with van der Waals surface area (Å²) in [4.78, 5) is 11.8. The van der Waals surface area contributed by atoms with Crippen molar-refractivity contribution in [2.24, 2.45) is 16.8 Å². The predicted octanol–water partition coefficient (Wildman–Crippen LogP) is 2.09. The highest BCUT2D eigenvalue weighted by molar-refractivity contribution is 6.01. The van der Waals surface area contributed by atoms with Crippen LogP contribution in [0.5, 0.6) is 0 Å². The maximum atomic E-state index is 12.4. The third-order valence-corrected chi connectivity index (χ3v) is 2.95. The fourth-order valence-electron chi connectivity index (χ4n) is 1.72. The summed E-state index contributed by atoms with van der Waals surface area (Å²) < 4.78 is 37.2. The second-order valence-electron chi connectivity index (χ2n) is 4.40. The monoisotopic (exact) mass is 303 g/mol. The number of alkyl halides is 3. The smallest absolute Gasteiger partial charge is 0.409 e. The van der Waals surface area contributed by atoms with Gasteiger partial charge in [0, 0.05) is 6.54 Å². The highest BCUT2D eigenvalue weighted by Gasteiger charge is 2.30. The number of hydrogen-bond acceptors (Lipinski definition) is 3. The number of nitrogens with one attached hydrogen (secondary N) is 1. The normalized spacial score (nSPS) is 13.8. The molecule has 0 radical (unpaired) electrons. The number of amidine groups is 1. The van der Waals surface area contributed by atoms with Crippen molar-refractivity contribution in [1.82, 2.24) is 5.32 Å². The molecule has 1 aromatic rings. The molecule has 116 valence electrons. The van der Waals surface area contributed by atoms with E-state index in [0.717, 1.165) is 12.1 Å². The van der Waals surface area contributed by atoms with Gasteiger partial charge in [0.1, 0.15) is 0 Å². The molecule has 0 fully saturated rings. The zero-order valence-corrected chi connectivity index (χ0v) is 11.3. The number of amides is 1. The van der Waals surface area contributed by atoms with Gasteiger partial charge in [0.25, 0.3) is 0 Å². The summed E-state index contributed by atoms with van der Waals surface area (Å²) >= 11 is 0. The molecule has 0 heterocycles. The van der Waals surface area contributed by atoms with Crippen molar-refractivity contribution in [3.8, 4) is 0 Å². The number of carbonyl (C=O) groups is 1. The van der Waals surface area contributed by atoms with E-state index >= 15 is 0 Å². The molecule has 1 aromatic carbocycles. The van der Waals surface area contributed by atoms with Gasteiger partial charge in [0.05, 0.1) is 11.5 Å². The number of rotatable bonds is 5. The Hall–Kier alpha value is -2.25. The molecule has 8 heteroatoms. The first-order chi connectivity index (χ1) is 9.79. The zero-order valence-electron chi connectivity index (χ0n) is 11.3. The highest BCUT2D eigenvalue weighted by atomic mass is 19.4. The van der Waals surface area contributed by atoms with E-state index in [1.807, 2.05) is 0 Å². The largest absolute Gasteiger partial charge is 0.416 e. The number of hydrogen-bond donors (Lipinski definition) is 3. The maximum Gasteiger partial charge on any atom is 0.416 e. The molecule has 0 aromatic heterocycles. The van der Waals surface area contributed by atoms with E-state index in [4.69, 9.17) is 10.9 Å². The zero-order chi connectivity index (χ0) is 16.0. The lowest BCUT2D eigenvalue weighted by Gasteiger charge is -2.13. The van der Waals surface area contributed by atoms with Crippen LogP contribution in [-0.2, 0) is 17.5 Å². The van der Waals surface area contributed by atoms with Gasteiger partial charge in [-0.05, 0) is 24.1 Å². The third-order valence-electron chi connectivity index (χ3n) is 2.95. The number of carbonyl (C=O) groups excluding carboxylic acids is 1. The Balaban J connectivity index is 2.65. The van der Waals surface area contributed by atoms with Crippen molar-refractivity contribution in [1.29, 1.82) is 0 Å². The van der Waals surface area contributed by atoms with Gasteiger partial charge in [0.2, 0.25) is 5.91 Å². The van der Waals surface area contributed by atoms with Gasteiger partial charge in [-0.25, -0.2) is 0 Å². The van der Waals surface area contributed by atoms with E-state index in [1.165, 1.54) is 12.1 Å². The number of halogens is 3.